The number of carboxylic acids is 1. The summed E-state index contributed by atoms with van der Waals surface area (Å²) >= 11 is 0. The van der Waals surface area contributed by atoms with Crippen molar-refractivity contribution < 1.29 is 28.6 Å². The quantitative estimate of drug-likeness (QED) is 0.555. The van der Waals surface area contributed by atoms with Crippen LogP contribution in [0.25, 0.3) is 11.0 Å². The fourth-order valence-corrected chi connectivity index (χ4v) is 2.79. The van der Waals surface area contributed by atoms with Gasteiger partial charge in [-0.05, 0) is 37.5 Å². The molecule has 0 aliphatic heterocycles. The minimum Gasteiger partial charge on any atom is -0.548 e. The number of benzene rings is 1. The van der Waals surface area contributed by atoms with Crippen molar-refractivity contribution in [1.82, 2.24) is 10.6 Å². The second-order valence-electron chi connectivity index (χ2n) is 7.11. The average Bonchev–Trinajstić information content (AvgIpc) is 2.71. The number of hydrogen-bond acceptors (Lipinski definition) is 7. The summed E-state index contributed by atoms with van der Waals surface area (Å²) in [5.74, 6) is -2.57. The Morgan fingerprint density at radius 1 is 1.17 bits per heavy atom. The molecule has 0 saturated carbocycles. The van der Waals surface area contributed by atoms with Gasteiger partial charge >= 0.3 is 5.63 Å². The van der Waals surface area contributed by atoms with E-state index in [4.69, 9.17) is 9.15 Å². The summed E-state index contributed by atoms with van der Waals surface area (Å²) in [5, 5.41) is 16.6. The Morgan fingerprint density at radius 3 is 2.50 bits per heavy atom. The number of ether oxygens (including phenoxy) is 1. The fourth-order valence-electron chi connectivity index (χ4n) is 2.79. The number of carbonyl (C=O) groups excluding carboxylic acids is 3. The zero-order valence-electron chi connectivity index (χ0n) is 17.4. The molecular formula is C21H25N2O7-. The first-order valence-corrected chi connectivity index (χ1v) is 9.57. The van der Waals surface area contributed by atoms with E-state index < -0.39 is 36.0 Å². The van der Waals surface area contributed by atoms with Crippen molar-refractivity contribution in [3.63, 3.8) is 0 Å². The van der Waals surface area contributed by atoms with Crippen LogP contribution in [0.3, 0.4) is 0 Å². The molecule has 1 aromatic heterocycles. The van der Waals surface area contributed by atoms with Crippen LogP contribution in [0.2, 0.25) is 0 Å². The second kappa shape index (κ2) is 9.91. The standard InChI is InChI=1S/C21H26N2O7/c1-5-11(2)19(20(26)27)23-17(24)9-22-18(25)10-29-14-6-7-15-12(3)13(4)21(28)30-16(15)8-14/h6-8,11,19H,5,9-10H2,1-4H3,(H,22,25)(H,23,24)(H,26,27)/p-1/t11-,19-/m0/s1. The van der Waals surface area contributed by atoms with E-state index in [-0.39, 0.29) is 12.5 Å². The van der Waals surface area contributed by atoms with E-state index >= 15 is 0 Å². The molecule has 0 bridgehead atoms. The van der Waals surface area contributed by atoms with Crippen molar-refractivity contribution in [3.05, 3.63) is 39.7 Å². The molecule has 9 heteroatoms. The minimum absolute atomic E-state index is 0.307. The zero-order valence-corrected chi connectivity index (χ0v) is 17.4. The van der Waals surface area contributed by atoms with Gasteiger partial charge in [0.25, 0.3) is 5.91 Å². The largest absolute Gasteiger partial charge is 0.548 e. The summed E-state index contributed by atoms with van der Waals surface area (Å²) in [6.07, 6.45) is 0.546. The Balaban J connectivity index is 1.90. The van der Waals surface area contributed by atoms with Crippen LogP contribution < -0.4 is 26.1 Å². The molecule has 2 N–H and O–H groups in total. The average molecular weight is 417 g/mol. The van der Waals surface area contributed by atoms with E-state index in [1.807, 2.05) is 6.92 Å². The van der Waals surface area contributed by atoms with E-state index in [1.54, 1.807) is 32.9 Å². The third-order valence-electron chi connectivity index (χ3n) is 5.03. The highest BCUT2D eigenvalue weighted by atomic mass is 16.5. The molecule has 2 aromatic rings. The smallest absolute Gasteiger partial charge is 0.339 e. The van der Waals surface area contributed by atoms with Gasteiger partial charge in [-0.15, -0.1) is 0 Å². The van der Waals surface area contributed by atoms with E-state index in [1.165, 1.54) is 6.07 Å². The van der Waals surface area contributed by atoms with Crippen LogP contribution in [0.15, 0.2) is 27.4 Å². The number of carbonyl (C=O) groups is 3. The molecule has 0 aliphatic rings. The van der Waals surface area contributed by atoms with Gasteiger partial charge in [-0.1, -0.05) is 20.3 Å². The number of rotatable bonds is 9. The van der Waals surface area contributed by atoms with Crippen molar-refractivity contribution in [2.45, 2.75) is 40.2 Å². The molecular weight excluding hydrogens is 392 g/mol. The van der Waals surface area contributed by atoms with Gasteiger partial charge in [0.05, 0.1) is 18.6 Å². The Bertz CT molecular complexity index is 1010. The van der Waals surface area contributed by atoms with Crippen LogP contribution in [-0.4, -0.2) is 37.0 Å². The maximum atomic E-state index is 11.9. The summed E-state index contributed by atoms with van der Waals surface area (Å²) < 4.78 is 10.6. The molecule has 0 aliphatic carbocycles. The Hall–Kier alpha value is -3.36. The third kappa shape index (κ3) is 5.59. The molecule has 162 valence electrons. The van der Waals surface area contributed by atoms with Crippen molar-refractivity contribution in [2.24, 2.45) is 5.92 Å². The van der Waals surface area contributed by atoms with Gasteiger partial charge < -0.3 is 29.7 Å². The van der Waals surface area contributed by atoms with Crippen LogP contribution in [0, 0.1) is 19.8 Å². The fraction of sp³-hybridized carbons (Fsp3) is 0.429. The van der Waals surface area contributed by atoms with Gasteiger partial charge in [0.2, 0.25) is 5.91 Å². The van der Waals surface area contributed by atoms with E-state index in [0.29, 0.717) is 23.3 Å². The second-order valence-corrected chi connectivity index (χ2v) is 7.11. The normalized spacial score (nSPS) is 12.8. The number of carboxylic acid groups (broad SMARTS) is 1. The highest BCUT2D eigenvalue weighted by Crippen LogP contribution is 2.23. The van der Waals surface area contributed by atoms with Gasteiger partial charge in [-0.2, -0.15) is 0 Å². The summed E-state index contributed by atoms with van der Waals surface area (Å²) in [7, 11) is 0. The maximum absolute atomic E-state index is 11.9. The molecule has 0 spiro atoms. The number of fused-ring (bicyclic) bond motifs is 1. The monoisotopic (exact) mass is 417 g/mol. The van der Waals surface area contributed by atoms with Gasteiger partial charge in [-0.25, -0.2) is 4.79 Å². The molecule has 2 amide bonds. The highest BCUT2D eigenvalue weighted by Gasteiger charge is 2.19. The SMILES string of the molecule is CC[C@H](C)[C@H](NC(=O)CNC(=O)COc1ccc2c(C)c(C)c(=O)oc2c1)C(=O)[O-]. The lowest BCUT2D eigenvalue weighted by Gasteiger charge is -2.25. The van der Waals surface area contributed by atoms with Gasteiger partial charge in [-0.3, -0.25) is 9.59 Å². The molecule has 9 nitrogen and oxygen atoms in total. The summed E-state index contributed by atoms with van der Waals surface area (Å²) in [6.45, 7) is 6.22. The van der Waals surface area contributed by atoms with E-state index in [0.717, 1.165) is 10.9 Å². The van der Waals surface area contributed by atoms with Crippen LogP contribution in [0.5, 0.6) is 5.75 Å². The van der Waals surface area contributed by atoms with E-state index in [2.05, 4.69) is 10.6 Å². The van der Waals surface area contributed by atoms with Crippen molar-refractivity contribution in [1.29, 1.82) is 0 Å². The molecule has 0 saturated heterocycles. The number of aliphatic carboxylic acids is 1. The molecule has 0 fully saturated rings. The number of aryl methyl sites for hydroxylation is 1. The van der Waals surface area contributed by atoms with Crippen molar-refractivity contribution >= 4 is 28.8 Å². The lowest BCUT2D eigenvalue weighted by Crippen LogP contribution is -2.53. The number of amides is 2. The van der Waals surface area contributed by atoms with Crippen LogP contribution in [0.1, 0.15) is 31.4 Å². The predicted octanol–water partition coefficient (Wildman–Crippen LogP) is 0.186. The molecule has 1 aromatic carbocycles. The van der Waals surface area contributed by atoms with Crippen molar-refractivity contribution in [3.8, 4) is 5.75 Å². The van der Waals surface area contributed by atoms with Gasteiger partial charge in [0.15, 0.2) is 6.61 Å². The zero-order chi connectivity index (χ0) is 22.4. The van der Waals surface area contributed by atoms with E-state index in [9.17, 15) is 24.3 Å². The Kier molecular flexibility index (Phi) is 7.57. The molecule has 2 rings (SSSR count). The molecule has 30 heavy (non-hydrogen) atoms. The lowest BCUT2D eigenvalue weighted by molar-refractivity contribution is -0.309. The predicted molar refractivity (Wildman–Crippen MR) is 107 cm³/mol. The molecule has 0 unspecified atom stereocenters. The molecule has 2 atom stereocenters. The summed E-state index contributed by atoms with van der Waals surface area (Å²) in [4.78, 5) is 46.8. The molecule has 1 heterocycles. The molecule has 0 radical (unpaired) electrons. The number of nitrogens with one attached hydrogen (secondary N) is 2. The van der Waals surface area contributed by atoms with Crippen molar-refractivity contribution in [2.75, 3.05) is 13.2 Å². The summed E-state index contributed by atoms with van der Waals surface area (Å²) in [5.41, 5.74) is 1.25. The first kappa shape index (κ1) is 22.9. The first-order valence-electron chi connectivity index (χ1n) is 9.57. The Labute approximate surface area is 173 Å². The van der Waals surface area contributed by atoms with Crippen LogP contribution in [0.4, 0.5) is 0 Å². The third-order valence-corrected chi connectivity index (χ3v) is 5.03. The number of hydrogen-bond donors (Lipinski definition) is 2. The Morgan fingerprint density at radius 2 is 1.87 bits per heavy atom. The van der Waals surface area contributed by atoms with Gasteiger partial charge in [0, 0.05) is 17.0 Å². The minimum atomic E-state index is -1.37. The summed E-state index contributed by atoms with van der Waals surface area (Å²) in [6, 6.07) is 3.76. The van der Waals surface area contributed by atoms with Crippen LogP contribution in [-0.2, 0) is 14.4 Å². The lowest BCUT2D eigenvalue weighted by atomic mass is 9.99. The first-order chi connectivity index (χ1) is 14.1. The van der Waals surface area contributed by atoms with Gasteiger partial charge in [0.1, 0.15) is 11.3 Å². The highest BCUT2D eigenvalue weighted by molar-refractivity contribution is 5.88. The van der Waals surface area contributed by atoms with Crippen LogP contribution >= 0.6 is 0 Å². The topological polar surface area (TPSA) is 138 Å². The maximum Gasteiger partial charge on any atom is 0.339 e.